The Morgan fingerprint density at radius 1 is 1.32 bits per heavy atom. The van der Waals surface area contributed by atoms with Gasteiger partial charge in [-0.15, -0.1) is 5.10 Å². The van der Waals surface area contributed by atoms with Gasteiger partial charge < -0.3 is 4.74 Å². The summed E-state index contributed by atoms with van der Waals surface area (Å²) in [6.07, 6.45) is 2.74. The van der Waals surface area contributed by atoms with Crippen molar-refractivity contribution in [1.29, 1.82) is 0 Å². The quantitative estimate of drug-likeness (QED) is 0.781. The first-order chi connectivity index (χ1) is 9.35. The van der Waals surface area contributed by atoms with E-state index in [9.17, 15) is 0 Å². The van der Waals surface area contributed by atoms with E-state index in [1.54, 1.807) is 13.3 Å². The molecular formula is C14H16N4O. The molecule has 3 rings (SSSR count). The van der Waals surface area contributed by atoms with Crippen LogP contribution in [0.5, 0.6) is 5.88 Å². The summed E-state index contributed by atoms with van der Waals surface area (Å²) in [4.78, 5) is 0. The molecule has 98 valence electrons. The third-order valence-corrected chi connectivity index (χ3v) is 3.34. The van der Waals surface area contributed by atoms with Crippen LogP contribution in [0.1, 0.15) is 24.9 Å². The van der Waals surface area contributed by atoms with Crippen LogP contribution in [-0.2, 0) is 0 Å². The lowest BCUT2D eigenvalue weighted by molar-refractivity contribution is 0.395. The zero-order chi connectivity index (χ0) is 13.2. The van der Waals surface area contributed by atoms with Gasteiger partial charge in [0.25, 0.3) is 5.88 Å². The van der Waals surface area contributed by atoms with E-state index < -0.39 is 0 Å². The maximum absolute atomic E-state index is 5.29. The van der Waals surface area contributed by atoms with Crippen molar-refractivity contribution in [3.63, 3.8) is 0 Å². The Bertz CT molecular complexity index is 671. The fourth-order valence-corrected chi connectivity index (χ4v) is 2.42. The van der Waals surface area contributed by atoms with Crippen LogP contribution in [0, 0.1) is 0 Å². The molecule has 0 fully saturated rings. The second-order valence-corrected chi connectivity index (χ2v) is 4.42. The summed E-state index contributed by atoms with van der Waals surface area (Å²) in [7, 11) is 1.62. The number of methoxy groups -OCH3 is 1. The highest BCUT2D eigenvalue weighted by atomic mass is 16.5. The fraction of sp³-hybridized carbons (Fsp3) is 0.286. The largest absolute Gasteiger partial charge is 0.478 e. The summed E-state index contributed by atoms with van der Waals surface area (Å²) in [5.74, 6) is 0.585. The zero-order valence-electron chi connectivity index (χ0n) is 11.0. The Labute approximate surface area is 111 Å². The van der Waals surface area contributed by atoms with Crippen molar-refractivity contribution in [3.05, 3.63) is 42.1 Å². The number of hydrogen-bond acceptors (Lipinski definition) is 3. The first-order valence-electron chi connectivity index (χ1n) is 6.35. The van der Waals surface area contributed by atoms with Crippen molar-refractivity contribution >= 4 is 11.0 Å². The smallest absolute Gasteiger partial charge is 0.258 e. The molecule has 0 saturated carbocycles. The summed E-state index contributed by atoms with van der Waals surface area (Å²) < 4.78 is 7.27. The van der Waals surface area contributed by atoms with Crippen LogP contribution in [-0.4, -0.2) is 27.1 Å². The average molecular weight is 256 g/mol. The molecule has 2 heterocycles. The summed E-state index contributed by atoms with van der Waals surface area (Å²) in [6.45, 7) is 2.15. The van der Waals surface area contributed by atoms with Gasteiger partial charge in [0.05, 0.1) is 19.3 Å². The van der Waals surface area contributed by atoms with Gasteiger partial charge in [0.2, 0.25) is 0 Å². The van der Waals surface area contributed by atoms with Crippen molar-refractivity contribution in [2.75, 3.05) is 7.11 Å². The molecular weight excluding hydrogens is 240 g/mol. The lowest BCUT2D eigenvalue weighted by Gasteiger charge is -2.16. The molecule has 0 aliphatic carbocycles. The van der Waals surface area contributed by atoms with E-state index >= 15 is 0 Å². The summed E-state index contributed by atoms with van der Waals surface area (Å²) >= 11 is 0. The highest BCUT2D eigenvalue weighted by Crippen LogP contribution is 2.29. The molecule has 0 bridgehead atoms. The third kappa shape index (κ3) is 1.87. The molecule has 0 spiro atoms. The minimum atomic E-state index is 0.185. The molecule has 0 unspecified atom stereocenters. The van der Waals surface area contributed by atoms with E-state index in [-0.39, 0.29) is 6.04 Å². The Hall–Kier alpha value is -2.30. The number of nitrogens with one attached hydrogen (secondary N) is 1. The molecule has 0 aliphatic heterocycles. The van der Waals surface area contributed by atoms with Gasteiger partial charge in [-0.05, 0) is 12.0 Å². The van der Waals surface area contributed by atoms with Gasteiger partial charge in [0, 0.05) is 0 Å². The lowest BCUT2D eigenvalue weighted by Crippen LogP contribution is -2.11. The van der Waals surface area contributed by atoms with Crippen LogP contribution in [0.2, 0.25) is 0 Å². The van der Waals surface area contributed by atoms with Crippen molar-refractivity contribution < 1.29 is 4.74 Å². The molecule has 0 radical (unpaired) electrons. The van der Waals surface area contributed by atoms with E-state index in [0.717, 1.165) is 17.5 Å². The van der Waals surface area contributed by atoms with E-state index in [1.165, 1.54) is 5.56 Å². The van der Waals surface area contributed by atoms with E-state index in [4.69, 9.17) is 4.74 Å². The fourth-order valence-electron chi connectivity index (χ4n) is 2.42. The second-order valence-electron chi connectivity index (χ2n) is 4.42. The number of H-pyrrole nitrogens is 1. The molecule has 2 aromatic heterocycles. The second kappa shape index (κ2) is 4.76. The van der Waals surface area contributed by atoms with Gasteiger partial charge in [0.15, 0.2) is 5.52 Å². The minimum Gasteiger partial charge on any atom is -0.478 e. The Morgan fingerprint density at radius 2 is 2.11 bits per heavy atom. The maximum Gasteiger partial charge on any atom is 0.258 e. The number of hydrogen-bond donors (Lipinski definition) is 1. The van der Waals surface area contributed by atoms with Crippen molar-refractivity contribution in [2.45, 2.75) is 19.4 Å². The van der Waals surface area contributed by atoms with E-state index in [2.05, 4.69) is 34.4 Å². The number of rotatable bonds is 4. The molecule has 0 aliphatic rings. The predicted molar refractivity (Wildman–Crippen MR) is 73.3 cm³/mol. The SMILES string of the molecule is CC[C@@H](c1ccccc1)n1ncc2[nH]nc(OC)c21. The molecule has 1 atom stereocenters. The first-order valence-corrected chi connectivity index (χ1v) is 6.35. The van der Waals surface area contributed by atoms with Crippen molar-refractivity contribution in [3.8, 4) is 5.88 Å². The predicted octanol–water partition coefficient (Wildman–Crippen LogP) is 2.77. The highest BCUT2D eigenvalue weighted by Gasteiger charge is 2.19. The number of aromatic nitrogens is 4. The van der Waals surface area contributed by atoms with Crippen LogP contribution in [0.15, 0.2) is 36.5 Å². The first kappa shape index (κ1) is 11.8. The monoisotopic (exact) mass is 256 g/mol. The molecule has 5 nitrogen and oxygen atoms in total. The topological polar surface area (TPSA) is 55.7 Å². The number of aromatic amines is 1. The zero-order valence-corrected chi connectivity index (χ0v) is 11.0. The van der Waals surface area contributed by atoms with Crippen LogP contribution >= 0.6 is 0 Å². The maximum atomic E-state index is 5.29. The highest BCUT2D eigenvalue weighted by molar-refractivity contribution is 5.80. The molecule has 0 saturated heterocycles. The average Bonchev–Trinajstić information content (AvgIpc) is 3.03. The third-order valence-electron chi connectivity index (χ3n) is 3.34. The summed E-state index contributed by atoms with van der Waals surface area (Å²) in [5, 5.41) is 11.5. The Balaban J connectivity index is 2.14. The number of benzene rings is 1. The van der Waals surface area contributed by atoms with Crippen LogP contribution in [0.4, 0.5) is 0 Å². The summed E-state index contributed by atoms with van der Waals surface area (Å²) in [6, 6.07) is 10.5. The van der Waals surface area contributed by atoms with E-state index in [0.29, 0.717) is 5.88 Å². The molecule has 5 heteroatoms. The van der Waals surface area contributed by atoms with Crippen LogP contribution in [0.25, 0.3) is 11.0 Å². The van der Waals surface area contributed by atoms with Gasteiger partial charge in [0.1, 0.15) is 5.52 Å². The number of nitrogens with zero attached hydrogens (tertiary/aromatic N) is 3. The molecule has 3 aromatic rings. The van der Waals surface area contributed by atoms with Crippen LogP contribution in [0.3, 0.4) is 0 Å². The lowest BCUT2D eigenvalue weighted by atomic mass is 10.1. The van der Waals surface area contributed by atoms with Gasteiger partial charge in [-0.25, -0.2) is 0 Å². The molecule has 19 heavy (non-hydrogen) atoms. The normalized spacial score (nSPS) is 12.7. The van der Waals surface area contributed by atoms with Crippen molar-refractivity contribution in [1.82, 2.24) is 20.0 Å². The Morgan fingerprint density at radius 3 is 2.79 bits per heavy atom. The molecule has 0 amide bonds. The Kier molecular flexibility index (Phi) is 2.95. The van der Waals surface area contributed by atoms with E-state index in [1.807, 2.05) is 22.9 Å². The van der Waals surface area contributed by atoms with Crippen molar-refractivity contribution in [2.24, 2.45) is 0 Å². The standard InChI is InChI=1S/C14H16N4O/c1-3-12(10-7-5-4-6-8-10)18-13-11(9-15-18)16-17-14(13)19-2/h4-9,12H,3H2,1-2H3,(H,16,17)/t12-/m0/s1. The van der Waals surface area contributed by atoms with Gasteiger partial charge >= 0.3 is 0 Å². The van der Waals surface area contributed by atoms with Gasteiger partial charge in [-0.2, -0.15) is 5.10 Å². The molecule has 1 aromatic carbocycles. The number of fused-ring (bicyclic) bond motifs is 1. The number of ether oxygens (including phenoxy) is 1. The van der Waals surface area contributed by atoms with Gasteiger partial charge in [-0.1, -0.05) is 37.3 Å². The van der Waals surface area contributed by atoms with Crippen LogP contribution < -0.4 is 4.74 Å². The van der Waals surface area contributed by atoms with Gasteiger partial charge in [-0.3, -0.25) is 9.78 Å². The molecule has 1 N–H and O–H groups in total. The summed E-state index contributed by atoms with van der Waals surface area (Å²) in [5.41, 5.74) is 3.04. The minimum absolute atomic E-state index is 0.185.